The predicted molar refractivity (Wildman–Crippen MR) is 80.2 cm³/mol. The molecule has 0 aliphatic rings. The van der Waals surface area contributed by atoms with E-state index in [9.17, 15) is 10.2 Å². The van der Waals surface area contributed by atoms with Gasteiger partial charge in [-0.1, -0.05) is 71.1 Å². The largest absolute Gasteiger partial charge is 0.394 e. The lowest BCUT2D eigenvalue weighted by Crippen LogP contribution is -2.41. The van der Waals surface area contributed by atoms with Crippen LogP contribution in [0.25, 0.3) is 0 Å². The van der Waals surface area contributed by atoms with Crippen molar-refractivity contribution in [2.24, 2.45) is 0 Å². The molecule has 0 radical (unpaired) electrons. The summed E-state index contributed by atoms with van der Waals surface area (Å²) in [7, 11) is 0. The maximum absolute atomic E-state index is 9.90. The lowest BCUT2D eigenvalue weighted by Gasteiger charge is -2.27. The molecular formula is C16H34O3. The number of rotatable bonds is 13. The van der Waals surface area contributed by atoms with Crippen molar-refractivity contribution >= 4 is 0 Å². The van der Waals surface area contributed by atoms with E-state index in [-0.39, 0.29) is 6.61 Å². The third kappa shape index (κ3) is 10.3. The van der Waals surface area contributed by atoms with Crippen LogP contribution in [0.2, 0.25) is 0 Å². The molecule has 0 saturated heterocycles. The molecule has 2 unspecified atom stereocenters. The Hall–Kier alpha value is -0.120. The molecule has 0 heterocycles. The maximum atomic E-state index is 9.90. The second kappa shape index (κ2) is 11.7. The van der Waals surface area contributed by atoms with Crippen molar-refractivity contribution in [2.45, 2.75) is 96.2 Å². The highest BCUT2D eigenvalue weighted by atomic mass is 16.4. The minimum atomic E-state index is -1.14. The fourth-order valence-corrected chi connectivity index (χ4v) is 2.33. The van der Waals surface area contributed by atoms with Gasteiger partial charge < -0.3 is 15.3 Å². The molecule has 116 valence electrons. The number of unbranched alkanes of at least 4 members (excludes halogenated alkanes) is 9. The fraction of sp³-hybridized carbons (Fsp3) is 1.00. The van der Waals surface area contributed by atoms with Gasteiger partial charge in [0.15, 0.2) is 0 Å². The number of hydrogen-bond donors (Lipinski definition) is 3. The van der Waals surface area contributed by atoms with Crippen LogP contribution < -0.4 is 0 Å². The third-order valence-corrected chi connectivity index (χ3v) is 3.93. The first-order valence-corrected chi connectivity index (χ1v) is 8.06. The molecule has 0 aromatic rings. The first kappa shape index (κ1) is 18.9. The highest BCUT2D eigenvalue weighted by molar-refractivity contribution is 4.80. The van der Waals surface area contributed by atoms with Crippen molar-refractivity contribution in [1.29, 1.82) is 0 Å². The monoisotopic (exact) mass is 274 g/mol. The van der Waals surface area contributed by atoms with Gasteiger partial charge in [-0.05, 0) is 13.3 Å². The van der Waals surface area contributed by atoms with Crippen LogP contribution in [0.5, 0.6) is 0 Å². The van der Waals surface area contributed by atoms with Crippen molar-refractivity contribution in [3.05, 3.63) is 0 Å². The molecule has 3 N–H and O–H groups in total. The number of hydrogen-bond acceptors (Lipinski definition) is 3. The second-order valence-electron chi connectivity index (χ2n) is 5.99. The molecule has 0 spiro atoms. The van der Waals surface area contributed by atoms with E-state index in [1.165, 1.54) is 51.4 Å². The Morgan fingerprint density at radius 3 is 1.68 bits per heavy atom. The quantitative estimate of drug-likeness (QED) is 0.451. The summed E-state index contributed by atoms with van der Waals surface area (Å²) in [5.74, 6) is 0. The first-order chi connectivity index (χ1) is 9.04. The highest BCUT2D eigenvalue weighted by Gasteiger charge is 2.28. The minimum Gasteiger partial charge on any atom is -0.394 e. The average Bonchev–Trinajstić information content (AvgIpc) is 2.39. The Balaban J connectivity index is 3.31. The molecule has 3 heteroatoms. The number of aliphatic hydroxyl groups excluding tert-OH is 2. The van der Waals surface area contributed by atoms with Crippen molar-refractivity contribution < 1.29 is 15.3 Å². The molecule has 19 heavy (non-hydrogen) atoms. The molecule has 0 aliphatic carbocycles. The fourth-order valence-electron chi connectivity index (χ4n) is 2.33. The van der Waals surface area contributed by atoms with Gasteiger partial charge in [0.05, 0.1) is 12.2 Å². The second-order valence-corrected chi connectivity index (χ2v) is 5.99. The summed E-state index contributed by atoms with van der Waals surface area (Å²) in [5.41, 5.74) is -1.14. The Morgan fingerprint density at radius 2 is 1.26 bits per heavy atom. The maximum Gasteiger partial charge on any atom is 0.105 e. The summed E-state index contributed by atoms with van der Waals surface area (Å²) in [6.07, 6.45) is 12.1. The lowest BCUT2D eigenvalue weighted by atomic mass is 9.92. The van der Waals surface area contributed by atoms with Crippen LogP contribution in [0.3, 0.4) is 0 Å². The zero-order chi connectivity index (χ0) is 14.6. The first-order valence-electron chi connectivity index (χ1n) is 8.06. The highest BCUT2D eigenvalue weighted by Crippen LogP contribution is 2.19. The van der Waals surface area contributed by atoms with Crippen LogP contribution in [0.4, 0.5) is 0 Å². The molecule has 0 fully saturated rings. The van der Waals surface area contributed by atoms with Crippen molar-refractivity contribution in [2.75, 3.05) is 6.61 Å². The molecule has 0 rings (SSSR count). The van der Waals surface area contributed by atoms with Gasteiger partial charge in [0, 0.05) is 0 Å². The zero-order valence-corrected chi connectivity index (χ0v) is 12.9. The van der Waals surface area contributed by atoms with E-state index in [0.29, 0.717) is 6.42 Å². The van der Waals surface area contributed by atoms with Gasteiger partial charge in [-0.15, -0.1) is 0 Å². The van der Waals surface area contributed by atoms with Crippen LogP contribution >= 0.6 is 0 Å². The van der Waals surface area contributed by atoms with Crippen LogP contribution in [0.15, 0.2) is 0 Å². The van der Waals surface area contributed by atoms with Crippen LogP contribution in [0.1, 0.15) is 84.5 Å². The van der Waals surface area contributed by atoms with Crippen LogP contribution in [-0.4, -0.2) is 33.6 Å². The molecule has 2 atom stereocenters. The van der Waals surface area contributed by atoms with E-state index in [1.807, 2.05) is 0 Å². The summed E-state index contributed by atoms with van der Waals surface area (Å²) < 4.78 is 0. The van der Waals surface area contributed by atoms with E-state index < -0.39 is 11.7 Å². The Bertz CT molecular complexity index is 192. The molecule has 0 aromatic carbocycles. The molecule has 0 aliphatic heterocycles. The molecule has 3 nitrogen and oxygen atoms in total. The van der Waals surface area contributed by atoms with E-state index >= 15 is 0 Å². The van der Waals surface area contributed by atoms with Crippen molar-refractivity contribution in [3.8, 4) is 0 Å². The topological polar surface area (TPSA) is 60.7 Å². The van der Waals surface area contributed by atoms with Gasteiger partial charge in [-0.25, -0.2) is 0 Å². The van der Waals surface area contributed by atoms with E-state index in [4.69, 9.17) is 5.11 Å². The summed E-state index contributed by atoms with van der Waals surface area (Å²) in [6.45, 7) is 3.47. The Labute approximate surface area is 119 Å². The van der Waals surface area contributed by atoms with Crippen LogP contribution in [0, 0.1) is 0 Å². The average molecular weight is 274 g/mol. The number of aliphatic hydroxyl groups is 3. The van der Waals surface area contributed by atoms with E-state index in [0.717, 1.165) is 12.8 Å². The summed E-state index contributed by atoms with van der Waals surface area (Å²) >= 11 is 0. The van der Waals surface area contributed by atoms with E-state index in [2.05, 4.69) is 6.92 Å². The summed E-state index contributed by atoms with van der Waals surface area (Å²) in [5, 5.41) is 28.1. The van der Waals surface area contributed by atoms with Gasteiger partial charge in [0.2, 0.25) is 0 Å². The Morgan fingerprint density at radius 1 is 0.842 bits per heavy atom. The predicted octanol–water partition coefficient (Wildman–Crippen LogP) is 3.40. The summed E-state index contributed by atoms with van der Waals surface area (Å²) in [6, 6.07) is 0. The molecular weight excluding hydrogens is 240 g/mol. The van der Waals surface area contributed by atoms with Gasteiger partial charge in [-0.2, -0.15) is 0 Å². The minimum absolute atomic E-state index is 0.370. The Kier molecular flexibility index (Phi) is 11.6. The molecule has 0 bridgehead atoms. The zero-order valence-electron chi connectivity index (χ0n) is 12.9. The van der Waals surface area contributed by atoms with Crippen molar-refractivity contribution in [3.63, 3.8) is 0 Å². The smallest absolute Gasteiger partial charge is 0.105 e. The van der Waals surface area contributed by atoms with Gasteiger partial charge in [0.25, 0.3) is 0 Å². The molecule has 0 amide bonds. The molecule has 0 saturated carbocycles. The summed E-state index contributed by atoms with van der Waals surface area (Å²) in [4.78, 5) is 0. The normalized spacial score (nSPS) is 16.3. The molecule has 0 aromatic heterocycles. The van der Waals surface area contributed by atoms with Crippen LogP contribution in [-0.2, 0) is 0 Å². The van der Waals surface area contributed by atoms with Crippen molar-refractivity contribution in [1.82, 2.24) is 0 Å². The third-order valence-electron chi connectivity index (χ3n) is 3.93. The standard InChI is InChI=1S/C16H34O3/c1-3-4-5-6-7-8-9-10-11-12-13-16(2,19)15(18)14-17/h15,17-19H,3-14H2,1-2H3. The SMILES string of the molecule is CCCCCCCCCCCCC(C)(O)C(O)CO. The van der Waals surface area contributed by atoms with Gasteiger partial charge >= 0.3 is 0 Å². The van der Waals surface area contributed by atoms with Gasteiger partial charge in [0.1, 0.15) is 6.10 Å². The lowest BCUT2D eigenvalue weighted by molar-refractivity contribution is -0.0883. The van der Waals surface area contributed by atoms with Gasteiger partial charge in [-0.3, -0.25) is 0 Å². The van der Waals surface area contributed by atoms with E-state index in [1.54, 1.807) is 6.92 Å².